The average molecular weight is 525 g/mol. The Morgan fingerprint density at radius 3 is 2.14 bits per heavy atom. The molecule has 186 valence electrons. The summed E-state index contributed by atoms with van der Waals surface area (Å²) in [6.45, 7) is 4.51. The first-order valence-corrected chi connectivity index (χ1v) is 12.4. The molecule has 0 fully saturated rings. The van der Waals surface area contributed by atoms with Gasteiger partial charge in [-0.25, -0.2) is 8.42 Å². The smallest absolute Gasteiger partial charge is 0.325 e. The summed E-state index contributed by atoms with van der Waals surface area (Å²) in [4.78, 5) is 12.9. The van der Waals surface area contributed by atoms with Crippen molar-refractivity contribution in [2.24, 2.45) is 0 Å². The lowest BCUT2D eigenvalue weighted by Crippen LogP contribution is -2.38. The monoisotopic (exact) mass is 524 g/mol. The first-order chi connectivity index (χ1) is 16.3. The SMILES string of the molecule is Cc1cc(C)c(S(=O)(=O)N(CC(=O)Nc2ccc(Cl)c(C(F)(F)F)c2)Cc2ccccc2)c(C)c1. The number of sulfonamides is 1. The third kappa shape index (κ3) is 6.42. The van der Waals surface area contributed by atoms with Crippen molar-refractivity contribution in [3.8, 4) is 0 Å². The molecule has 0 radical (unpaired) electrons. The van der Waals surface area contributed by atoms with E-state index in [9.17, 15) is 26.4 Å². The van der Waals surface area contributed by atoms with Crippen LogP contribution in [-0.2, 0) is 27.5 Å². The van der Waals surface area contributed by atoms with Crippen molar-refractivity contribution in [2.45, 2.75) is 38.4 Å². The number of rotatable bonds is 7. The topological polar surface area (TPSA) is 66.5 Å². The van der Waals surface area contributed by atoms with Crippen molar-refractivity contribution in [1.82, 2.24) is 4.31 Å². The lowest BCUT2D eigenvalue weighted by atomic mass is 10.1. The summed E-state index contributed by atoms with van der Waals surface area (Å²) in [7, 11) is -4.13. The van der Waals surface area contributed by atoms with Gasteiger partial charge in [-0.15, -0.1) is 0 Å². The number of hydrogen-bond donors (Lipinski definition) is 1. The molecule has 3 aromatic rings. The van der Waals surface area contributed by atoms with Crippen LogP contribution in [-0.4, -0.2) is 25.2 Å². The van der Waals surface area contributed by atoms with Crippen molar-refractivity contribution < 1.29 is 26.4 Å². The van der Waals surface area contributed by atoms with Gasteiger partial charge in [0, 0.05) is 12.2 Å². The Balaban J connectivity index is 1.95. The Hall–Kier alpha value is -2.88. The third-order valence-corrected chi connectivity index (χ3v) is 7.71. The second-order valence-corrected chi connectivity index (χ2v) is 10.5. The van der Waals surface area contributed by atoms with Crippen molar-refractivity contribution in [3.63, 3.8) is 0 Å². The summed E-state index contributed by atoms with van der Waals surface area (Å²) in [5, 5.41) is 1.85. The molecule has 5 nitrogen and oxygen atoms in total. The van der Waals surface area contributed by atoms with Crippen LogP contribution in [0.25, 0.3) is 0 Å². The number of aryl methyl sites for hydroxylation is 3. The van der Waals surface area contributed by atoms with E-state index in [0.717, 1.165) is 15.9 Å². The zero-order valence-corrected chi connectivity index (χ0v) is 20.9. The maximum atomic E-state index is 13.7. The van der Waals surface area contributed by atoms with E-state index >= 15 is 0 Å². The Morgan fingerprint density at radius 2 is 1.57 bits per heavy atom. The molecule has 0 aliphatic heterocycles. The highest BCUT2D eigenvalue weighted by atomic mass is 35.5. The fourth-order valence-corrected chi connectivity index (χ4v) is 5.92. The lowest BCUT2D eigenvalue weighted by molar-refractivity contribution is -0.137. The number of halogens is 4. The maximum absolute atomic E-state index is 13.7. The predicted octanol–water partition coefficient (Wildman–Crippen LogP) is 6.11. The molecule has 0 bridgehead atoms. The van der Waals surface area contributed by atoms with Crippen LogP contribution < -0.4 is 5.32 Å². The Labute approximate surface area is 207 Å². The minimum absolute atomic E-state index is 0.0951. The van der Waals surface area contributed by atoms with E-state index in [1.807, 2.05) is 6.92 Å². The molecule has 0 atom stereocenters. The molecule has 1 amide bonds. The summed E-state index contributed by atoms with van der Waals surface area (Å²) < 4.78 is 67.9. The van der Waals surface area contributed by atoms with Crippen LogP contribution in [0.1, 0.15) is 27.8 Å². The molecule has 3 rings (SSSR count). The van der Waals surface area contributed by atoms with Gasteiger partial charge in [0.05, 0.1) is 22.0 Å². The minimum atomic E-state index is -4.71. The number of nitrogens with zero attached hydrogens (tertiary/aromatic N) is 1. The van der Waals surface area contributed by atoms with Gasteiger partial charge in [0.15, 0.2) is 0 Å². The van der Waals surface area contributed by atoms with Crippen LogP contribution in [0.5, 0.6) is 0 Å². The Kier molecular flexibility index (Phi) is 7.93. The van der Waals surface area contributed by atoms with Crippen molar-refractivity contribution in [1.29, 1.82) is 0 Å². The lowest BCUT2D eigenvalue weighted by Gasteiger charge is -2.24. The number of carbonyl (C=O) groups excluding carboxylic acids is 1. The standard InChI is InChI=1S/C25H24ClF3N2O3S/c1-16-11-17(2)24(18(3)12-16)35(33,34)31(14-19-7-5-4-6-8-19)15-23(32)30-20-9-10-22(26)21(13-20)25(27,28)29/h4-13H,14-15H2,1-3H3,(H,30,32). The van der Waals surface area contributed by atoms with Gasteiger partial charge < -0.3 is 5.32 Å². The largest absolute Gasteiger partial charge is 0.417 e. The zero-order chi connectivity index (χ0) is 26.0. The summed E-state index contributed by atoms with van der Waals surface area (Å²) in [5.74, 6) is -0.789. The van der Waals surface area contributed by atoms with E-state index in [-0.39, 0.29) is 17.1 Å². The quantitative estimate of drug-likeness (QED) is 0.405. The average Bonchev–Trinajstić information content (AvgIpc) is 2.73. The van der Waals surface area contributed by atoms with Crippen molar-refractivity contribution in [2.75, 3.05) is 11.9 Å². The van der Waals surface area contributed by atoms with Crippen LogP contribution in [0.4, 0.5) is 18.9 Å². The van der Waals surface area contributed by atoms with Gasteiger partial charge >= 0.3 is 6.18 Å². The highest BCUT2D eigenvalue weighted by Gasteiger charge is 2.34. The number of carbonyl (C=O) groups is 1. The molecule has 0 saturated heterocycles. The molecule has 35 heavy (non-hydrogen) atoms. The molecule has 0 aromatic heterocycles. The Morgan fingerprint density at radius 1 is 0.971 bits per heavy atom. The van der Waals surface area contributed by atoms with E-state index in [1.54, 1.807) is 56.3 Å². The number of amides is 1. The number of alkyl halides is 3. The number of benzene rings is 3. The van der Waals surface area contributed by atoms with Gasteiger partial charge in [-0.1, -0.05) is 59.6 Å². The van der Waals surface area contributed by atoms with Gasteiger partial charge in [0.25, 0.3) is 0 Å². The number of nitrogens with one attached hydrogen (secondary N) is 1. The van der Waals surface area contributed by atoms with Crippen LogP contribution in [0.15, 0.2) is 65.6 Å². The van der Waals surface area contributed by atoms with Crippen molar-refractivity contribution >= 4 is 33.2 Å². The zero-order valence-electron chi connectivity index (χ0n) is 19.3. The van der Waals surface area contributed by atoms with Gasteiger partial charge in [-0.05, 0) is 55.7 Å². The number of hydrogen-bond acceptors (Lipinski definition) is 3. The summed E-state index contributed by atoms with van der Waals surface area (Å²) in [5.41, 5.74) is 1.37. The molecule has 1 N–H and O–H groups in total. The number of anilines is 1. The van der Waals surface area contributed by atoms with Crippen molar-refractivity contribution in [3.05, 3.63) is 93.5 Å². The predicted molar refractivity (Wildman–Crippen MR) is 130 cm³/mol. The highest BCUT2D eigenvalue weighted by molar-refractivity contribution is 7.89. The minimum Gasteiger partial charge on any atom is -0.325 e. The Bertz CT molecular complexity index is 1320. The van der Waals surface area contributed by atoms with Crippen LogP contribution >= 0.6 is 11.6 Å². The first-order valence-electron chi connectivity index (χ1n) is 10.6. The van der Waals surface area contributed by atoms with E-state index in [2.05, 4.69) is 5.32 Å². The molecule has 0 unspecified atom stereocenters. The van der Waals surface area contributed by atoms with Gasteiger partial charge in [-0.2, -0.15) is 17.5 Å². The van der Waals surface area contributed by atoms with Crippen LogP contribution in [0.2, 0.25) is 5.02 Å². The maximum Gasteiger partial charge on any atom is 0.417 e. The van der Waals surface area contributed by atoms with Gasteiger partial charge in [0.2, 0.25) is 15.9 Å². The van der Waals surface area contributed by atoms with E-state index in [4.69, 9.17) is 11.6 Å². The fraction of sp³-hybridized carbons (Fsp3) is 0.240. The molecule has 0 aliphatic carbocycles. The van der Waals surface area contributed by atoms with E-state index in [0.29, 0.717) is 22.8 Å². The molecule has 0 saturated carbocycles. The second-order valence-electron chi connectivity index (χ2n) is 8.23. The summed E-state index contributed by atoms with van der Waals surface area (Å²) >= 11 is 5.64. The van der Waals surface area contributed by atoms with Crippen LogP contribution in [0, 0.1) is 20.8 Å². The normalized spacial score (nSPS) is 12.1. The second kappa shape index (κ2) is 10.4. The van der Waals surface area contributed by atoms with Gasteiger partial charge in [-0.3, -0.25) is 4.79 Å². The summed E-state index contributed by atoms with van der Waals surface area (Å²) in [6, 6.07) is 15.2. The molecule has 0 spiro atoms. The molecule has 0 aliphatic rings. The van der Waals surface area contributed by atoms with E-state index in [1.165, 1.54) is 6.07 Å². The molecular weight excluding hydrogens is 501 g/mol. The molecule has 0 heterocycles. The summed E-state index contributed by atoms with van der Waals surface area (Å²) in [6.07, 6.45) is -4.71. The molecular formula is C25H24ClF3N2O3S. The van der Waals surface area contributed by atoms with Crippen LogP contribution in [0.3, 0.4) is 0 Å². The molecule has 10 heteroatoms. The first kappa shape index (κ1) is 26.7. The molecule has 3 aromatic carbocycles. The van der Waals surface area contributed by atoms with Gasteiger partial charge in [0.1, 0.15) is 0 Å². The fourth-order valence-electron chi connectivity index (χ4n) is 3.90. The third-order valence-electron chi connectivity index (χ3n) is 5.28. The highest BCUT2D eigenvalue weighted by Crippen LogP contribution is 2.36. The van der Waals surface area contributed by atoms with E-state index < -0.39 is 39.2 Å².